The highest BCUT2D eigenvalue weighted by atomic mass is 19.4. The molecule has 0 aromatic carbocycles. The average molecular weight is 516 g/mol. The third-order valence-corrected chi connectivity index (χ3v) is 6.45. The minimum absolute atomic E-state index is 0.0367. The van der Waals surface area contributed by atoms with E-state index in [1.54, 1.807) is 20.8 Å². The number of nitriles is 1. The van der Waals surface area contributed by atoms with Gasteiger partial charge in [0.1, 0.15) is 12.1 Å². The summed E-state index contributed by atoms with van der Waals surface area (Å²) in [6.45, 7) is 8.24. The van der Waals surface area contributed by atoms with E-state index in [1.165, 1.54) is 0 Å². The second-order valence-electron chi connectivity index (χ2n) is 10.1. The molecule has 0 aromatic rings. The lowest BCUT2D eigenvalue weighted by atomic mass is 9.85. The Morgan fingerprint density at radius 3 is 2.39 bits per heavy atom. The summed E-state index contributed by atoms with van der Waals surface area (Å²) in [5, 5.41) is 16.8. The first-order valence-electron chi connectivity index (χ1n) is 11.5. The number of hydrogen-bond acceptors (Lipinski definition) is 6. The van der Waals surface area contributed by atoms with Crippen molar-refractivity contribution >= 4 is 23.8 Å². The zero-order chi connectivity index (χ0) is 27.4. The van der Waals surface area contributed by atoms with Crippen molar-refractivity contribution < 1.29 is 37.1 Å². The molecule has 2 heterocycles. The monoisotopic (exact) mass is 515 g/mol. The number of amides is 4. The third-order valence-electron chi connectivity index (χ3n) is 6.45. The van der Waals surface area contributed by atoms with Crippen LogP contribution in [0.1, 0.15) is 40.0 Å². The van der Waals surface area contributed by atoms with E-state index in [2.05, 4.69) is 27.3 Å². The Hall–Kier alpha value is -3.30. The molecule has 200 valence electrons. The minimum Gasteiger partial charge on any atom is -0.453 e. The predicted octanol–water partition coefficient (Wildman–Crippen LogP) is 1.63. The molecule has 2 rings (SSSR count). The molecule has 0 bridgehead atoms. The average Bonchev–Trinajstić information content (AvgIpc) is 3.41. The van der Waals surface area contributed by atoms with Gasteiger partial charge in [-0.3, -0.25) is 14.4 Å². The molecule has 36 heavy (non-hydrogen) atoms. The van der Waals surface area contributed by atoms with Gasteiger partial charge in [0.25, 0.3) is 0 Å². The fourth-order valence-electron chi connectivity index (χ4n) is 4.34. The fourth-order valence-corrected chi connectivity index (χ4v) is 4.34. The molecule has 0 spiro atoms. The van der Waals surface area contributed by atoms with Crippen LogP contribution >= 0.6 is 0 Å². The molecule has 2 aliphatic rings. The number of nitrogens with one attached hydrogen (secondary N) is 3. The molecule has 0 aliphatic carbocycles. The van der Waals surface area contributed by atoms with Crippen molar-refractivity contribution in [3.05, 3.63) is 12.2 Å². The highest BCUT2D eigenvalue weighted by Crippen LogP contribution is 2.39. The summed E-state index contributed by atoms with van der Waals surface area (Å²) in [4.78, 5) is 50.9. The summed E-state index contributed by atoms with van der Waals surface area (Å²) < 4.78 is 45.4. The Balaban J connectivity index is 2.26. The van der Waals surface area contributed by atoms with Crippen LogP contribution in [0.3, 0.4) is 0 Å². The third kappa shape index (κ3) is 6.89. The molecule has 2 saturated heterocycles. The highest BCUT2D eigenvalue weighted by molar-refractivity contribution is 5.96. The van der Waals surface area contributed by atoms with Crippen LogP contribution in [-0.2, 0) is 19.1 Å². The smallest absolute Gasteiger partial charge is 0.407 e. The quantitative estimate of drug-likeness (QED) is 0.440. The lowest BCUT2D eigenvalue weighted by molar-refractivity contribution is -0.171. The van der Waals surface area contributed by atoms with Gasteiger partial charge in [0.05, 0.1) is 25.1 Å². The molecular formula is C23H32F3N5O5. The molecule has 4 amide bonds. The van der Waals surface area contributed by atoms with E-state index in [4.69, 9.17) is 0 Å². The number of alkyl carbamates (subject to hydrolysis) is 1. The van der Waals surface area contributed by atoms with Crippen LogP contribution in [0, 0.1) is 28.6 Å². The largest absolute Gasteiger partial charge is 0.453 e. The first-order chi connectivity index (χ1) is 16.6. The lowest BCUT2D eigenvalue weighted by Gasteiger charge is -2.35. The zero-order valence-electron chi connectivity index (χ0n) is 20.7. The summed E-state index contributed by atoms with van der Waals surface area (Å²) >= 11 is 0. The highest BCUT2D eigenvalue weighted by Gasteiger charge is 2.52. The van der Waals surface area contributed by atoms with Gasteiger partial charge in [0.2, 0.25) is 17.7 Å². The Morgan fingerprint density at radius 2 is 1.92 bits per heavy atom. The van der Waals surface area contributed by atoms with Crippen LogP contribution in [0.15, 0.2) is 12.2 Å². The number of hydrogen-bond donors (Lipinski definition) is 3. The molecule has 0 aromatic heterocycles. The second-order valence-corrected chi connectivity index (χ2v) is 10.1. The van der Waals surface area contributed by atoms with Crippen molar-refractivity contribution in [1.82, 2.24) is 20.9 Å². The lowest BCUT2D eigenvalue weighted by Crippen LogP contribution is -2.56. The van der Waals surface area contributed by atoms with E-state index >= 15 is 0 Å². The van der Waals surface area contributed by atoms with Crippen LogP contribution in [0.25, 0.3) is 0 Å². The van der Waals surface area contributed by atoms with Crippen molar-refractivity contribution in [2.75, 3.05) is 20.2 Å². The van der Waals surface area contributed by atoms with Gasteiger partial charge in [-0.05, 0) is 24.7 Å². The Labute approximate surface area is 207 Å². The molecule has 2 fully saturated rings. The van der Waals surface area contributed by atoms with Gasteiger partial charge in [-0.25, -0.2) is 4.79 Å². The summed E-state index contributed by atoms with van der Waals surface area (Å²) in [5.74, 6) is -4.34. The molecule has 0 radical (unpaired) electrons. The molecule has 5 atom stereocenters. The number of ether oxygens (including phenoxy) is 1. The number of rotatable bonds is 7. The van der Waals surface area contributed by atoms with E-state index in [-0.39, 0.29) is 17.9 Å². The van der Waals surface area contributed by atoms with Gasteiger partial charge in [-0.1, -0.05) is 27.4 Å². The second kappa shape index (κ2) is 11.2. The SMILES string of the molecule is C=C(C(=O)N[C@H](C#N)C[C@@H]1CCNC1=O)[C@@H]1C[C@@H](C(F)(F)F)CN1C(=O)[C@@H](NC(=O)OC)C(C)(C)C. The van der Waals surface area contributed by atoms with E-state index in [0.29, 0.717) is 13.0 Å². The van der Waals surface area contributed by atoms with Gasteiger partial charge in [0.15, 0.2) is 0 Å². The molecule has 2 aliphatic heterocycles. The van der Waals surface area contributed by atoms with Crippen LogP contribution in [0.5, 0.6) is 0 Å². The Kier molecular flexibility index (Phi) is 8.98. The maximum Gasteiger partial charge on any atom is 0.407 e. The van der Waals surface area contributed by atoms with Gasteiger partial charge in [0, 0.05) is 24.6 Å². The normalized spacial score (nSPS) is 23.8. The number of carbonyl (C=O) groups is 4. The topological polar surface area (TPSA) is 141 Å². The number of alkyl halides is 3. The van der Waals surface area contributed by atoms with Gasteiger partial charge in [-0.2, -0.15) is 18.4 Å². The van der Waals surface area contributed by atoms with Gasteiger partial charge < -0.3 is 25.6 Å². The number of nitrogens with zero attached hydrogens (tertiary/aromatic N) is 2. The van der Waals surface area contributed by atoms with Gasteiger partial charge in [-0.15, -0.1) is 0 Å². The summed E-state index contributed by atoms with van der Waals surface area (Å²) in [5.41, 5.74) is -1.22. The fraction of sp³-hybridized carbons (Fsp3) is 0.696. The standard InChI is InChI=1S/C23H32F3N5O5/c1-12(18(32)29-15(10-27)8-13-6-7-28-19(13)33)16-9-14(23(24,25)26)11-31(16)20(34)17(22(2,3)4)30-21(35)36-5/h13-17H,1,6-9,11H2,2-5H3,(H,28,33)(H,29,32)(H,30,35)/t13-,14+,15-,16-,17+/m0/s1. The first kappa shape index (κ1) is 28.9. The molecule has 0 unspecified atom stereocenters. The molecule has 10 nitrogen and oxygen atoms in total. The molecular weight excluding hydrogens is 483 g/mol. The first-order valence-corrected chi connectivity index (χ1v) is 11.5. The Bertz CT molecular complexity index is 940. The van der Waals surface area contributed by atoms with E-state index in [9.17, 15) is 37.6 Å². The number of methoxy groups -OCH3 is 1. The molecule has 13 heteroatoms. The summed E-state index contributed by atoms with van der Waals surface area (Å²) in [7, 11) is 1.09. The maximum atomic E-state index is 13.6. The minimum atomic E-state index is -4.64. The van der Waals surface area contributed by atoms with Crippen LogP contribution in [0.2, 0.25) is 0 Å². The zero-order valence-corrected chi connectivity index (χ0v) is 20.7. The number of likely N-dealkylation sites (tertiary alicyclic amines) is 1. The predicted molar refractivity (Wildman–Crippen MR) is 121 cm³/mol. The maximum absolute atomic E-state index is 13.6. The summed E-state index contributed by atoms with van der Waals surface area (Å²) in [6, 6.07) is -1.75. The van der Waals surface area contributed by atoms with Crippen LogP contribution in [0.4, 0.5) is 18.0 Å². The van der Waals surface area contributed by atoms with Crippen LogP contribution in [-0.4, -0.2) is 73.2 Å². The van der Waals surface area contributed by atoms with E-state index < -0.39 is 72.4 Å². The molecule has 3 N–H and O–H groups in total. The number of halogens is 3. The Morgan fingerprint density at radius 1 is 1.28 bits per heavy atom. The van der Waals surface area contributed by atoms with Crippen molar-refractivity contribution in [1.29, 1.82) is 5.26 Å². The molecule has 0 saturated carbocycles. The van der Waals surface area contributed by atoms with Crippen molar-refractivity contribution in [2.24, 2.45) is 17.3 Å². The number of carbonyl (C=O) groups excluding carboxylic acids is 4. The van der Waals surface area contributed by atoms with E-state index in [1.807, 2.05) is 6.07 Å². The van der Waals surface area contributed by atoms with Crippen LogP contribution < -0.4 is 16.0 Å². The van der Waals surface area contributed by atoms with Gasteiger partial charge >= 0.3 is 12.3 Å². The van der Waals surface area contributed by atoms with Crippen molar-refractivity contribution in [3.63, 3.8) is 0 Å². The summed E-state index contributed by atoms with van der Waals surface area (Å²) in [6.07, 6.45) is -5.64. The van der Waals surface area contributed by atoms with E-state index in [0.717, 1.165) is 12.0 Å². The van der Waals surface area contributed by atoms with Crippen molar-refractivity contribution in [2.45, 2.75) is 64.3 Å². The van der Waals surface area contributed by atoms with Crippen molar-refractivity contribution in [3.8, 4) is 6.07 Å².